The van der Waals surface area contributed by atoms with Gasteiger partial charge in [-0.15, -0.1) is 11.3 Å². The van der Waals surface area contributed by atoms with E-state index in [0.29, 0.717) is 0 Å². The highest BCUT2D eigenvalue weighted by Crippen LogP contribution is 2.52. The summed E-state index contributed by atoms with van der Waals surface area (Å²) in [5, 5.41) is 12.5. The van der Waals surface area contributed by atoms with Crippen LogP contribution >= 0.6 is 11.3 Å². The Bertz CT molecular complexity index is 4830. The van der Waals surface area contributed by atoms with Crippen molar-refractivity contribution in [1.29, 1.82) is 0 Å². The van der Waals surface area contributed by atoms with Gasteiger partial charge in [0, 0.05) is 59.6 Å². The van der Waals surface area contributed by atoms with Gasteiger partial charge in [0.1, 0.15) is 5.69 Å². The fourth-order valence-electron chi connectivity index (χ4n) is 12.7. The van der Waals surface area contributed by atoms with Crippen LogP contribution in [0.1, 0.15) is 29.5 Å². The lowest BCUT2D eigenvalue weighted by Crippen LogP contribution is -2.24. The van der Waals surface area contributed by atoms with Crippen LogP contribution in [0.4, 0.5) is 0 Å². The molecule has 4 aromatic heterocycles. The molecule has 5 heteroatoms. The summed E-state index contributed by atoms with van der Waals surface area (Å²) in [6.07, 6.45) is 13.7. The Labute approximate surface area is 424 Å². The Hall–Kier alpha value is -8.90. The molecule has 2 aliphatic rings. The molecule has 342 valence electrons. The molecule has 0 radical (unpaired) electrons. The lowest BCUT2D eigenvalue weighted by atomic mass is 9.67. The molecule has 0 aliphatic heterocycles. The van der Waals surface area contributed by atoms with E-state index < -0.39 is 0 Å². The molecular weight excluding hydrogens is 905 g/mol. The summed E-state index contributed by atoms with van der Waals surface area (Å²) in [5.41, 5.74) is 15.4. The van der Waals surface area contributed by atoms with Gasteiger partial charge >= 0.3 is 0 Å². The molecular formula is C68H44N4S. The number of para-hydroxylation sites is 2. The predicted molar refractivity (Wildman–Crippen MR) is 310 cm³/mol. The average molecular weight is 949 g/mol. The van der Waals surface area contributed by atoms with Gasteiger partial charge in [0.05, 0.1) is 37.8 Å². The Morgan fingerprint density at radius 3 is 2.07 bits per heavy atom. The fraction of sp³-hybridized carbons (Fsp3) is 0.0588. The first-order valence-electron chi connectivity index (χ1n) is 25.3. The van der Waals surface area contributed by atoms with E-state index in [1.807, 2.05) is 11.3 Å². The molecule has 0 saturated heterocycles. The molecule has 0 fully saturated rings. The molecule has 4 heterocycles. The topological polar surface area (TPSA) is 35.6 Å². The van der Waals surface area contributed by atoms with Gasteiger partial charge < -0.3 is 4.57 Å². The van der Waals surface area contributed by atoms with Crippen LogP contribution in [0.15, 0.2) is 218 Å². The lowest BCUT2D eigenvalue weighted by molar-refractivity contribution is 0.480. The first kappa shape index (κ1) is 40.8. The van der Waals surface area contributed by atoms with E-state index in [1.54, 1.807) is 0 Å². The van der Waals surface area contributed by atoms with Crippen LogP contribution in [0.3, 0.4) is 0 Å². The van der Waals surface area contributed by atoms with E-state index in [-0.39, 0.29) is 11.3 Å². The predicted octanol–water partition coefficient (Wildman–Crippen LogP) is 18.4. The van der Waals surface area contributed by atoms with Crippen molar-refractivity contribution in [3.63, 3.8) is 0 Å². The molecule has 0 spiro atoms. The van der Waals surface area contributed by atoms with Crippen molar-refractivity contribution < 1.29 is 0 Å². The highest BCUT2D eigenvalue weighted by atomic mass is 32.1. The number of aryl methyl sites for hydroxylation is 1. The Kier molecular flexibility index (Phi) is 8.42. The van der Waals surface area contributed by atoms with Crippen LogP contribution in [-0.4, -0.2) is 19.1 Å². The Morgan fingerprint density at radius 1 is 0.507 bits per heavy atom. The van der Waals surface area contributed by atoms with Crippen molar-refractivity contribution in [1.82, 2.24) is 19.1 Å². The van der Waals surface area contributed by atoms with Crippen molar-refractivity contribution >= 4 is 114 Å². The van der Waals surface area contributed by atoms with Gasteiger partial charge in [-0.05, 0) is 123 Å². The van der Waals surface area contributed by atoms with E-state index >= 15 is 0 Å². The number of allylic oxidation sites excluding steroid dienone is 5. The standard InChI is InChI=1S/C68H44N4S/c1-40-23-29-55-56(36-40)70-67(64(69-55)45-25-24-42-33-35-68(2)34-13-12-21-54(68)51(42)39-45)72-59-31-27-44(43-26-30-58-52(37-43)48-18-10-11-22-57(48)71(58)46-15-4-3-5-16-46)38-53(59)61-49-19-8-9-20-50(49)63-62-47-17-7-6-14-41(47)28-32-60(62)73-66(63)65(61)72/h3-39,54H,1-2H3. The zero-order chi connectivity index (χ0) is 48.1. The minimum atomic E-state index is -0.109. The van der Waals surface area contributed by atoms with Crippen LogP contribution in [0.25, 0.3) is 136 Å². The molecule has 73 heavy (non-hydrogen) atoms. The molecule has 2 aliphatic carbocycles. The zero-order valence-corrected chi connectivity index (χ0v) is 41.0. The second kappa shape index (κ2) is 15.1. The molecule has 0 N–H and O–H groups in total. The van der Waals surface area contributed by atoms with Crippen LogP contribution in [0, 0.1) is 12.3 Å². The molecule has 0 amide bonds. The van der Waals surface area contributed by atoms with Crippen molar-refractivity contribution in [2.75, 3.05) is 0 Å². The van der Waals surface area contributed by atoms with Crippen LogP contribution in [-0.2, 0) is 0 Å². The third-order valence-corrected chi connectivity index (χ3v) is 17.3. The summed E-state index contributed by atoms with van der Waals surface area (Å²) in [6.45, 7) is 4.48. The number of fused-ring (bicyclic) bond motifs is 19. The molecule has 0 bridgehead atoms. The van der Waals surface area contributed by atoms with E-state index in [1.165, 1.54) is 91.0 Å². The number of hydrogen-bond donors (Lipinski definition) is 0. The van der Waals surface area contributed by atoms with E-state index in [4.69, 9.17) is 9.97 Å². The first-order chi connectivity index (χ1) is 36.0. The third-order valence-electron chi connectivity index (χ3n) is 16.1. The molecule has 16 rings (SSSR count). The Balaban J connectivity index is 1.03. The lowest BCUT2D eigenvalue weighted by Gasteiger charge is -2.37. The van der Waals surface area contributed by atoms with E-state index in [2.05, 4.69) is 247 Å². The number of hydrogen-bond acceptors (Lipinski definition) is 3. The minimum Gasteiger partial charge on any atom is -0.309 e. The van der Waals surface area contributed by atoms with Crippen LogP contribution in [0.5, 0.6) is 0 Å². The van der Waals surface area contributed by atoms with Gasteiger partial charge in [0.15, 0.2) is 5.82 Å². The highest BCUT2D eigenvalue weighted by molar-refractivity contribution is 7.27. The smallest absolute Gasteiger partial charge is 0.165 e. The highest BCUT2D eigenvalue weighted by Gasteiger charge is 2.35. The molecule has 10 aromatic carbocycles. The van der Waals surface area contributed by atoms with Gasteiger partial charge in [0.2, 0.25) is 0 Å². The number of thiophene rings is 1. The summed E-state index contributed by atoms with van der Waals surface area (Å²) in [5.74, 6) is 1.03. The van der Waals surface area contributed by atoms with Crippen molar-refractivity contribution in [2.45, 2.75) is 19.8 Å². The molecule has 0 saturated carbocycles. The Morgan fingerprint density at radius 2 is 1.22 bits per heavy atom. The largest absolute Gasteiger partial charge is 0.309 e. The molecule has 2 atom stereocenters. The van der Waals surface area contributed by atoms with Crippen molar-refractivity contribution in [3.05, 3.63) is 235 Å². The maximum absolute atomic E-state index is 5.79. The monoisotopic (exact) mass is 948 g/mol. The number of rotatable bonds is 4. The normalized spacial score (nSPS) is 16.4. The zero-order valence-electron chi connectivity index (χ0n) is 40.1. The molecule has 14 aromatic rings. The fourth-order valence-corrected chi connectivity index (χ4v) is 13.9. The molecule has 4 nitrogen and oxygen atoms in total. The van der Waals surface area contributed by atoms with Gasteiger partial charge in [-0.2, -0.15) is 0 Å². The maximum Gasteiger partial charge on any atom is 0.165 e. The number of nitrogens with zero attached hydrogens (tertiary/aromatic N) is 4. The summed E-state index contributed by atoms with van der Waals surface area (Å²) >= 11 is 1.89. The third kappa shape index (κ3) is 5.82. The van der Waals surface area contributed by atoms with Crippen molar-refractivity contribution in [2.24, 2.45) is 5.41 Å². The maximum atomic E-state index is 5.79. The quantitative estimate of drug-likeness (QED) is 0.176. The summed E-state index contributed by atoms with van der Waals surface area (Å²) in [7, 11) is 0. The van der Waals surface area contributed by atoms with Gasteiger partial charge in [-0.3, -0.25) is 4.57 Å². The SMILES string of the molecule is Cc1ccc2nc(-c3ccc4c(c3)C3C=CC=CC3(C)C=C4)c(-n3c4ccc(-c5ccc6c(c5)c5ccccc5n6-c5ccccc5)cc4c4c5ccccc5c5c(sc6ccc7ccccc7c65)c43)nc2c1. The van der Waals surface area contributed by atoms with Gasteiger partial charge in [-0.25, -0.2) is 9.97 Å². The summed E-state index contributed by atoms with van der Waals surface area (Å²) in [4.78, 5) is 11.5. The molecule has 2 unspecified atom stereocenters. The van der Waals surface area contributed by atoms with E-state index in [9.17, 15) is 0 Å². The van der Waals surface area contributed by atoms with Crippen LogP contribution < -0.4 is 0 Å². The number of aromatic nitrogens is 4. The van der Waals surface area contributed by atoms with Gasteiger partial charge in [0.25, 0.3) is 0 Å². The summed E-state index contributed by atoms with van der Waals surface area (Å²) in [6, 6.07) is 69.6. The van der Waals surface area contributed by atoms with Crippen LogP contribution in [0.2, 0.25) is 0 Å². The second-order valence-corrected chi connectivity index (χ2v) is 21.4. The van der Waals surface area contributed by atoms with Crippen molar-refractivity contribution in [3.8, 4) is 33.9 Å². The first-order valence-corrected chi connectivity index (χ1v) is 26.1. The number of benzene rings is 10. The summed E-state index contributed by atoms with van der Waals surface area (Å²) < 4.78 is 7.39. The van der Waals surface area contributed by atoms with Gasteiger partial charge in [-0.1, -0.05) is 165 Å². The minimum absolute atomic E-state index is 0.109. The second-order valence-electron chi connectivity index (χ2n) is 20.4. The average Bonchev–Trinajstić information content (AvgIpc) is 4.11. The van der Waals surface area contributed by atoms with E-state index in [0.717, 1.165) is 56.0 Å².